The SMILES string of the molecule is CCN(C(=O)OC(C)(C)C)C1(C(=O)N(C)CC(=O)OC)CCCCC1.Fc1cccc(F)c1. The van der Waals surface area contributed by atoms with Crippen molar-refractivity contribution in [2.45, 2.75) is 70.9 Å². The van der Waals surface area contributed by atoms with Crippen LogP contribution in [-0.4, -0.2) is 66.2 Å². The standard InChI is InChI=1S/C18H32N2O5.C6H4F2/c1-7-20(16(23)25-17(2,3)4)18(11-9-8-10-12-18)15(22)19(5)13-14(21)24-6;7-5-2-1-3-6(8)4-5/h7-13H2,1-6H3;1-4H. The van der Waals surface area contributed by atoms with Crippen LogP contribution in [0.5, 0.6) is 0 Å². The third-order valence-electron chi connectivity index (χ3n) is 5.25. The summed E-state index contributed by atoms with van der Waals surface area (Å²) in [4.78, 5) is 40.4. The van der Waals surface area contributed by atoms with Gasteiger partial charge in [-0.3, -0.25) is 14.5 Å². The quantitative estimate of drug-likeness (QED) is 0.591. The highest BCUT2D eigenvalue weighted by Gasteiger charge is 2.49. The molecule has 0 aliphatic heterocycles. The zero-order chi connectivity index (χ0) is 25.2. The summed E-state index contributed by atoms with van der Waals surface area (Å²) in [7, 11) is 2.86. The van der Waals surface area contributed by atoms with Crippen molar-refractivity contribution in [1.29, 1.82) is 0 Å². The number of carbonyl (C=O) groups excluding carboxylic acids is 3. The van der Waals surface area contributed by atoms with Gasteiger partial charge in [-0.15, -0.1) is 0 Å². The van der Waals surface area contributed by atoms with E-state index in [2.05, 4.69) is 4.74 Å². The largest absolute Gasteiger partial charge is 0.468 e. The molecule has 33 heavy (non-hydrogen) atoms. The van der Waals surface area contributed by atoms with E-state index in [0.29, 0.717) is 19.4 Å². The third-order valence-corrected chi connectivity index (χ3v) is 5.25. The van der Waals surface area contributed by atoms with Crippen LogP contribution in [0.15, 0.2) is 24.3 Å². The van der Waals surface area contributed by atoms with Crippen molar-refractivity contribution in [3.05, 3.63) is 35.9 Å². The lowest BCUT2D eigenvalue weighted by Gasteiger charge is -2.46. The van der Waals surface area contributed by atoms with Gasteiger partial charge >= 0.3 is 12.1 Å². The van der Waals surface area contributed by atoms with Crippen molar-refractivity contribution in [3.8, 4) is 0 Å². The van der Waals surface area contributed by atoms with E-state index in [0.717, 1.165) is 25.3 Å². The van der Waals surface area contributed by atoms with Crippen LogP contribution in [0.2, 0.25) is 0 Å². The summed E-state index contributed by atoms with van der Waals surface area (Å²) in [5, 5.41) is 0. The van der Waals surface area contributed by atoms with Gasteiger partial charge in [0, 0.05) is 19.7 Å². The molecule has 7 nitrogen and oxygen atoms in total. The molecule has 0 aromatic heterocycles. The highest BCUT2D eigenvalue weighted by atomic mass is 19.1. The van der Waals surface area contributed by atoms with Crippen LogP contribution in [0.3, 0.4) is 0 Å². The molecule has 1 aliphatic carbocycles. The second-order valence-electron chi connectivity index (χ2n) is 8.99. The fourth-order valence-electron chi connectivity index (χ4n) is 3.80. The van der Waals surface area contributed by atoms with Crippen LogP contribution in [0, 0.1) is 11.6 Å². The van der Waals surface area contributed by atoms with Gasteiger partial charge in [0.2, 0.25) is 5.91 Å². The zero-order valence-corrected chi connectivity index (χ0v) is 20.5. The molecule has 186 valence electrons. The molecule has 0 bridgehead atoms. The van der Waals surface area contributed by atoms with E-state index in [1.54, 1.807) is 27.8 Å². The minimum Gasteiger partial charge on any atom is -0.468 e. The maximum absolute atomic E-state index is 13.2. The molecule has 0 unspecified atom stereocenters. The van der Waals surface area contributed by atoms with Crippen LogP contribution in [0.4, 0.5) is 13.6 Å². The molecule has 0 heterocycles. The number of likely N-dealkylation sites (N-methyl/N-ethyl adjacent to an activating group) is 2. The average Bonchev–Trinajstić information content (AvgIpc) is 2.73. The van der Waals surface area contributed by atoms with Crippen molar-refractivity contribution in [1.82, 2.24) is 9.80 Å². The van der Waals surface area contributed by atoms with E-state index in [9.17, 15) is 23.2 Å². The summed E-state index contributed by atoms with van der Waals surface area (Å²) < 4.78 is 34.0. The van der Waals surface area contributed by atoms with Gasteiger partial charge in [0.05, 0.1) is 7.11 Å². The monoisotopic (exact) mass is 470 g/mol. The normalized spacial score (nSPS) is 14.9. The molecule has 0 radical (unpaired) electrons. The molecular formula is C24H36F2N2O5. The Hall–Kier alpha value is -2.71. The number of rotatable bonds is 5. The number of carbonyl (C=O) groups is 3. The summed E-state index contributed by atoms with van der Waals surface area (Å²) in [5.41, 5.74) is -1.60. The molecule has 1 saturated carbocycles. The summed E-state index contributed by atoms with van der Waals surface area (Å²) >= 11 is 0. The minimum absolute atomic E-state index is 0.136. The predicted octanol–water partition coefficient (Wildman–Crippen LogP) is 4.54. The lowest BCUT2D eigenvalue weighted by Crippen LogP contribution is -2.62. The maximum Gasteiger partial charge on any atom is 0.411 e. The van der Waals surface area contributed by atoms with Gasteiger partial charge in [-0.05, 0) is 52.7 Å². The highest BCUT2D eigenvalue weighted by Crippen LogP contribution is 2.36. The Bertz CT molecular complexity index is 787. The van der Waals surface area contributed by atoms with Crippen molar-refractivity contribution in [3.63, 3.8) is 0 Å². The molecule has 2 amide bonds. The maximum atomic E-state index is 13.2. The fourth-order valence-corrected chi connectivity index (χ4v) is 3.80. The number of ether oxygens (including phenoxy) is 2. The van der Waals surface area contributed by atoms with Crippen LogP contribution in [0.1, 0.15) is 59.8 Å². The number of methoxy groups -OCH3 is 1. The number of amides is 2. The van der Waals surface area contributed by atoms with Crippen molar-refractivity contribution < 1.29 is 32.6 Å². The number of hydrogen-bond acceptors (Lipinski definition) is 5. The first-order valence-electron chi connectivity index (χ1n) is 11.1. The van der Waals surface area contributed by atoms with E-state index in [1.807, 2.05) is 6.92 Å². The third kappa shape index (κ3) is 8.63. The lowest BCUT2D eigenvalue weighted by molar-refractivity contribution is -0.152. The van der Waals surface area contributed by atoms with Gasteiger partial charge in [-0.1, -0.05) is 25.3 Å². The van der Waals surface area contributed by atoms with Gasteiger partial charge in [-0.25, -0.2) is 13.6 Å². The van der Waals surface area contributed by atoms with Crippen LogP contribution in [-0.2, 0) is 19.1 Å². The summed E-state index contributed by atoms with van der Waals surface area (Å²) in [5.74, 6) is -1.79. The highest BCUT2D eigenvalue weighted by molar-refractivity contribution is 5.92. The smallest absolute Gasteiger partial charge is 0.411 e. The van der Waals surface area contributed by atoms with Crippen LogP contribution in [0.25, 0.3) is 0 Å². The summed E-state index contributed by atoms with van der Waals surface area (Å²) in [6.45, 7) is 7.48. The predicted molar refractivity (Wildman–Crippen MR) is 120 cm³/mol. The first kappa shape index (κ1) is 28.3. The van der Waals surface area contributed by atoms with Crippen molar-refractivity contribution >= 4 is 18.0 Å². The molecule has 1 fully saturated rings. The van der Waals surface area contributed by atoms with Crippen molar-refractivity contribution in [2.75, 3.05) is 27.2 Å². The zero-order valence-electron chi connectivity index (χ0n) is 20.5. The van der Waals surface area contributed by atoms with E-state index < -0.39 is 34.8 Å². The van der Waals surface area contributed by atoms with Crippen LogP contribution >= 0.6 is 0 Å². The van der Waals surface area contributed by atoms with Gasteiger partial charge in [0.1, 0.15) is 29.3 Å². The second-order valence-corrected chi connectivity index (χ2v) is 8.99. The number of hydrogen-bond donors (Lipinski definition) is 0. The molecule has 0 atom stereocenters. The molecule has 0 N–H and O–H groups in total. The molecular weight excluding hydrogens is 434 g/mol. The first-order valence-corrected chi connectivity index (χ1v) is 11.1. The molecule has 1 aromatic rings. The molecule has 9 heteroatoms. The number of esters is 1. The first-order chi connectivity index (χ1) is 15.4. The molecule has 0 saturated heterocycles. The average molecular weight is 471 g/mol. The minimum atomic E-state index is -0.960. The fraction of sp³-hybridized carbons (Fsp3) is 0.625. The van der Waals surface area contributed by atoms with E-state index in [4.69, 9.17) is 4.74 Å². The second kappa shape index (κ2) is 12.5. The topological polar surface area (TPSA) is 76.2 Å². The Morgan fingerprint density at radius 1 is 1.06 bits per heavy atom. The summed E-state index contributed by atoms with van der Waals surface area (Å²) in [6, 6.07) is 4.55. The Kier molecular flexibility index (Phi) is 10.7. The van der Waals surface area contributed by atoms with E-state index >= 15 is 0 Å². The van der Waals surface area contributed by atoms with E-state index in [-0.39, 0.29) is 12.5 Å². The number of nitrogens with zero attached hydrogens (tertiary/aromatic N) is 2. The molecule has 2 rings (SSSR count). The molecule has 1 aromatic carbocycles. The Balaban J connectivity index is 0.000000568. The number of benzene rings is 1. The Morgan fingerprint density at radius 3 is 2.00 bits per heavy atom. The number of halogens is 2. The van der Waals surface area contributed by atoms with Gasteiger partial charge in [0.25, 0.3) is 0 Å². The van der Waals surface area contributed by atoms with Gasteiger partial charge in [-0.2, -0.15) is 0 Å². The van der Waals surface area contributed by atoms with Gasteiger partial charge < -0.3 is 14.4 Å². The molecule has 1 aliphatic rings. The molecule has 0 spiro atoms. The van der Waals surface area contributed by atoms with Gasteiger partial charge in [0.15, 0.2) is 0 Å². The lowest BCUT2D eigenvalue weighted by atomic mass is 9.79. The van der Waals surface area contributed by atoms with Crippen LogP contribution < -0.4 is 0 Å². The van der Waals surface area contributed by atoms with E-state index in [1.165, 1.54) is 35.1 Å². The summed E-state index contributed by atoms with van der Waals surface area (Å²) in [6.07, 6.45) is 3.40. The van der Waals surface area contributed by atoms with Crippen molar-refractivity contribution in [2.24, 2.45) is 0 Å². The Labute approximate surface area is 195 Å². The Morgan fingerprint density at radius 2 is 1.61 bits per heavy atom.